The third kappa shape index (κ3) is 1.91. The summed E-state index contributed by atoms with van der Waals surface area (Å²) < 4.78 is 5.31. The van der Waals surface area contributed by atoms with Crippen LogP contribution < -0.4 is 0 Å². The summed E-state index contributed by atoms with van der Waals surface area (Å²) in [5, 5.41) is 16.9. The number of carboxylic acids is 1. The molecule has 0 aliphatic rings. The van der Waals surface area contributed by atoms with Gasteiger partial charge >= 0.3 is 5.97 Å². The number of hydrogen-bond donors (Lipinski definition) is 1. The molecule has 5 heteroatoms. The van der Waals surface area contributed by atoms with E-state index in [-0.39, 0.29) is 11.5 Å². The summed E-state index contributed by atoms with van der Waals surface area (Å²) in [6, 6.07) is 3.61. The summed E-state index contributed by atoms with van der Waals surface area (Å²) in [5.41, 5.74) is 2.19. The van der Waals surface area contributed by atoms with Crippen LogP contribution in [0.3, 0.4) is 0 Å². The predicted molar refractivity (Wildman–Crippen MR) is 60.9 cm³/mol. The van der Waals surface area contributed by atoms with Crippen LogP contribution in [0.25, 0.3) is 11.5 Å². The number of aromatic nitrogens is 2. The van der Waals surface area contributed by atoms with E-state index in [1.54, 1.807) is 19.9 Å². The molecule has 1 aromatic heterocycles. The minimum atomic E-state index is -0.989. The second kappa shape index (κ2) is 4.01. The van der Waals surface area contributed by atoms with Gasteiger partial charge in [-0.1, -0.05) is 12.1 Å². The molecule has 0 saturated heterocycles. The van der Waals surface area contributed by atoms with E-state index in [2.05, 4.69) is 10.2 Å². The summed E-state index contributed by atoms with van der Waals surface area (Å²) in [6.45, 7) is 5.23. The van der Waals surface area contributed by atoms with Crippen molar-refractivity contribution < 1.29 is 14.3 Å². The molecule has 0 spiro atoms. The maximum absolute atomic E-state index is 11.3. The monoisotopic (exact) mass is 232 g/mol. The van der Waals surface area contributed by atoms with Crippen LogP contribution in [0.4, 0.5) is 0 Å². The lowest BCUT2D eigenvalue weighted by Crippen LogP contribution is -2.04. The van der Waals surface area contributed by atoms with Gasteiger partial charge in [0.1, 0.15) is 0 Å². The highest BCUT2D eigenvalue weighted by Gasteiger charge is 2.20. The van der Waals surface area contributed by atoms with Gasteiger partial charge in [0.05, 0.1) is 11.1 Å². The van der Waals surface area contributed by atoms with Crippen LogP contribution in [0.15, 0.2) is 16.5 Å². The molecule has 17 heavy (non-hydrogen) atoms. The Morgan fingerprint density at radius 3 is 2.35 bits per heavy atom. The Morgan fingerprint density at radius 1 is 1.18 bits per heavy atom. The second-order valence-corrected chi connectivity index (χ2v) is 3.88. The van der Waals surface area contributed by atoms with Crippen molar-refractivity contribution in [2.75, 3.05) is 0 Å². The minimum Gasteiger partial charge on any atom is -0.478 e. The number of nitrogens with zero attached hydrogens (tertiary/aromatic N) is 2. The maximum atomic E-state index is 11.3. The number of hydrogen-bond acceptors (Lipinski definition) is 4. The van der Waals surface area contributed by atoms with Crippen molar-refractivity contribution >= 4 is 5.97 Å². The molecule has 0 atom stereocenters. The average Bonchev–Trinajstić information content (AvgIpc) is 2.67. The smallest absolute Gasteiger partial charge is 0.336 e. The van der Waals surface area contributed by atoms with Crippen molar-refractivity contribution in [1.82, 2.24) is 10.2 Å². The Balaban J connectivity index is 2.75. The molecule has 88 valence electrons. The van der Waals surface area contributed by atoms with Crippen LogP contribution in [-0.4, -0.2) is 21.3 Å². The number of aromatic carboxylic acids is 1. The van der Waals surface area contributed by atoms with Gasteiger partial charge in [-0.3, -0.25) is 0 Å². The zero-order valence-corrected chi connectivity index (χ0v) is 9.81. The second-order valence-electron chi connectivity index (χ2n) is 3.88. The Kier molecular flexibility index (Phi) is 2.67. The molecule has 2 aromatic rings. The Morgan fingerprint density at radius 2 is 1.82 bits per heavy atom. The van der Waals surface area contributed by atoms with Crippen LogP contribution in [0.5, 0.6) is 0 Å². The van der Waals surface area contributed by atoms with E-state index < -0.39 is 5.97 Å². The number of carboxylic acid groups (broad SMARTS) is 1. The summed E-state index contributed by atoms with van der Waals surface area (Å²) in [7, 11) is 0. The molecule has 0 radical (unpaired) electrons. The molecule has 2 rings (SSSR count). The zero-order chi connectivity index (χ0) is 12.6. The standard InChI is InChI=1S/C12H12N2O3/c1-6-4-5-7(2)10(12(15)16)9(6)11-14-13-8(3)17-11/h4-5H,1-3H3,(H,15,16). The Hall–Kier alpha value is -2.17. The van der Waals surface area contributed by atoms with Gasteiger partial charge in [0.15, 0.2) is 0 Å². The summed E-state index contributed by atoms with van der Waals surface area (Å²) in [4.78, 5) is 11.3. The Bertz CT molecular complexity index is 587. The highest BCUT2D eigenvalue weighted by molar-refractivity contribution is 5.97. The fourth-order valence-electron chi connectivity index (χ4n) is 1.76. The molecule has 0 amide bonds. The summed E-state index contributed by atoms with van der Waals surface area (Å²) in [5.74, 6) is -0.324. The lowest BCUT2D eigenvalue weighted by molar-refractivity contribution is 0.0696. The van der Waals surface area contributed by atoms with Gasteiger partial charge < -0.3 is 9.52 Å². The van der Waals surface area contributed by atoms with Gasteiger partial charge in [0.25, 0.3) is 0 Å². The number of benzene rings is 1. The lowest BCUT2D eigenvalue weighted by Gasteiger charge is -2.08. The van der Waals surface area contributed by atoms with Crippen LogP contribution in [-0.2, 0) is 0 Å². The molecular formula is C12H12N2O3. The van der Waals surface area contributed by atoms with Crippen molar-refractivity contribution in [3.8, 4) is 11.5 Å². The largest absolute Gasteiger partial charge is 0.478 e. The van der Waals surface area contributed by atoms with Gasteiger partial charge in [-0.05, 0) is 25.0 Å². The van der Waals surface area contributed by atoms with Gasteiger partial charge in [0.2, 0.25) is 11.8 Å². The SMILES string of the molecule is Cc1nnc(-c2c(C)ccc(C)c2C(=O)O)o1. The molecular weight excluding hydrogens is 220 g/mol. The quantitative estimate of drug-likeness (QED) is 0.860. The van der Waals surface area contributed by atoms with Crippen LogP contribution in [0.2, 0.25) is 0 Å². The summed E-state index contributed by atoms with van der Waals surface area (Å²) in [6.07, 6.45) is 0. The first-order valence-electron chi connectivity index (χ1n) is 5.14. The van der Waals surface area contributed by atoms with Crippen molar-refractivity contribution in [2.45, 2.75) is 20.8 Å². The van der Waals surface area contributed by atoms with E-state index >= 15 is 0 Å². The third-order valence-electron chi connectivity index (χ3n) is 2.58. The van der Waals surface area contributed by atoms with E-state index in [1.165, 1.54) is 0 Å². The van der Waals surface area contributed by atoms with Gasteiger partial charge in [-0.2, -0.15) is 0 Å². The lowest BCUT2D eigenvalue weighted by atomic mass is 9.97. The fourth-order valence-corrected chi connectivity index (χ4v) is 1.76. The summed E-state index contributed by atoms with van der Waals surface area (Å²) >= 11 is 0. The number of rotatable bonds is 2. The van der Waals surface area contributed by atoms with Crippen LogP contribution in [0.1, 0.15) is 27.4 Å². The van der Waals surface area contributed by atoms with E-state index in [1.807, 2.05) is 13.0 Å². The van der Waals surface area contributed by atoms with E-state index in [4.69, 9.17) is 4.42 Å². The molecule has 5 nitrogen and oxygen atoms in total. The predicted octanol–water partition coefficient (Wildman–Crippen LogP) is 2.36. The molecule has 0 bridgehead atoms. The molecule has 1 heterocycles. The molecule has 0 unspecified atom stereocenters. The minimum absolute atomic E-state index is 0.216. The van der Waals surface area contributed by atoms with Crippen LogP contribution >= 0.6 is 0 Å². The zero-order valence-electron chi connectivity index (χ0n) is 9.81. The first-order chi connectivity index (χ1) is 8.00. The molecule has 1 aromatic carbocycles. The maximum Gasteiger partial charge on any atom is 0.336 e. The highest BCUT2D eigenvalue weighted by atomic mass is 16.4. The van der Waals surface area contributed by atoms with Crippen LogP contribution in [0, 0.1) is 20.8 Å². The van der Waals surface area contributed by atoms with Crippen molar-refractivity contribution in [2.24, 2.45) is 0 Å². The van der Waals surface area contributed by atoms with E-state index in [9.17, 15) is 9.90 Å². The van der Waals surface area contributed by atoms with E-state index in [0.717, 1.165) is 5.56 Å². The van der Waals surface area contributed by atoms with Crippen molar-refractivity contribution in [3.63, 3.8) is 0 Å². The molecule has 0 fully saturated rings. The van der Waals surface area contributed by atoms with Gasteiger partial charge in [-0.25, -0.2) is 4.79 Å². The highest BCUT2D eigenvalue weighted by Crippen LogP contribution is 2.28. The number of aryl methyl sites for hydroxylation is 3. The first kappa shape index (κ1) is 11.3. The Labute approximate surface area is 98.1 Å². The van der Waals surface area contributed by atoms with E-state index in [0.29, 0.717) is 17.0 Å². The molecule has 0 aliphatic carbocycles. The number of carbonyl (C=O) groups is 1. The topological polar surface area (TPSA) is 76.2 Å². The first-order valence-corrected chi connectivity index (χ1v) is 5.14. The average molecular weight is 232 g/mol. The van der Waals surface area contributed by atoms with Gasteiger partial charge in [0, 0.05) is 6.92 Å². The fraction of sp³-hybridized carbons (Fsp3) is 0.250. The third-order valence-corrected chi connectivity index (χ3v) is 2.58. The molecule has 0 aliphatic heterocycles. The molecule has 1 N–H and O–H groups in total. The molecule has 0 saturated carbocycles. The van der Waals surface area contributed by atoms with Gasteiger partial charge in [-0.15, -0.1) is 10.2 Å². The normalized spacial score (nSPS) is 10.5. The van der Waals surface area contributed by atoms with Crippen molar-refractivity contribution in [3.05, 3.63) is 34.7 Å². The van der Waals surface area contributed by atoms with Crippen molar-refractivity contribution in [1.29, 1.82) is 0 Å².